The largest absolute Gasteiger partial charge is 0.234 e. The minimum absolute atomic E-state index is 0. The fourth-order valence-electron chi connectivity index (χ4n) is 0.487. The quantitative estimate of drug-likeness (QED) is 0.426. The second-order valence-corrected chi connectivity index (χ2v) is 1.68. The Bertz CT molecular complexity index is 89.1. The molecule has 0 amide bonds. The van der Waals surface area contributed by atoms with Gasteiger partial charge in [-0.1, -0.05) is 19.8 Å². The molecule has 0 radical (unpaired) electrons. The van der Waals surface area contributed by atoms with Gasteiger partial charge in [0, 0.05) is 40.8 Å². The second kappa shape index (κ2) is 11.5. The number of carbonyl (C=O) groups excluding carboxylic acids is 1. The van der Waals surface area contributed by atoms with E-state index in [9.17, 15) is 4.79 Å². The van der Waals surface area contributed by atoms with Gasteiger partial charge >= 0.3 is 0 Å². The molecule has 0 atom stereocenters. The average Bonchev–Trinajstić information content (AvgIpc) is 1.81. The molecule has 9 heavy (non-hydrogen) atoms. The Kier molecular flexibility index (Phi) is 15.9. The van der Waals surface area contributed by atoms with Crippen molar-refractivity contribution in [2.24, 2.45) is 4.99 Å². The van der Waals surface area contributed by atoms with E-state index in [0.29, 0.717) is 6.54 Å². The first-order chi connectivity index (χ1) is 3.91. The molecule has 0 aromatic heterocycles. The summed E-state index contributed by atoms with van der Waals surface area (Å²) in [6, 6.07) is 0. The van der Waals surface area contributed by atoms with Crippen LogP contribution in [-0.2, 0) is 4.79 Å². The van der Waals surface area contributed by atoms with E-state index in [0.717, 1.165) is 12.8 Å². The fourth-order valence-corrected chi connectivity index (χ4v) is 0.487. The predicted molar refractivity (Wildman–Crippen MR) is 32.5 cm³/mol. The molecular weight excluding hydrogens is 246 g/mol. The molecule has 0 saturated carbocycles. The van der Waals surface area contributed by atoms with Gasteiger partial charge in [-0.15, -0.1) is 0 Å². The van der Waals surface area contributed by atoms with Crippen molar-refractivity contribution in [3.8, 4) is 0 Å². The van der Waals surface area contributed by atoms with Crippen molar-refractivity contribution in [2.75, 3.05) is 6.54 Å². The van der Waals surface area contributed by atoms with Crippen LogP contribution in [0.25, 0.3) is 0 Å². The first-order valence-corrected chi connectivity index (χ1v) is 2.95. The van der Waals surface area contributed by atoms with E-state index in [1.807, 2.05) is 0 Å². The van der Waals surface area contributed by atoms with Crippen molar-refractivity contribution in [1.29, 1.82) is 0 Å². The molecule has 0 bridgehead atoms. The summed E-state index contributed by atoms with van der Waals surface area (Å²) >= 11 is 0. The number of hydrogen-bond donors (Lipinski definition) is 0. The van der Waals surface area contributed by atoms with Gasteiger partial charge in [0.05, 0.1) is 6.54 Å². The van der Waals surface area contributed by atoms with E-state index >= 15 is 0 Å². The molecule has 0 aromatic carbocycles. The number of aliphatic imine (C=N–C) groups is 1. The summed E-state index contributed by atoms with van der Waals surface area (Å²) < 4.78 is 0. The molecule has 0 aliphatic carbocycles. The molecule has 0 rings (SSSR count). The van der Waals surface area contributed by atoms with Gasteiger partial charge < -0.3 is 0 Å². The van der Waals surface area contributed by atoms with Crippen molar-refractivity contribution < 1.29 is 45.6 Å². The van der Waals surface area contributed by atoms with Crippen LogP contribution in [0.15, 0.2) is 4.99 Å². The summed E-state index contributed by atoms with van der Waals surface area (Å²) in [4.78, 5) is 12.9. The van der Waals surface area contributed by atoms with Gasteiger partial charge in [-0.3, -0.25) is 0 Å². The van der Waals surface area contributed by atoms with E-state index in [-0.39, 0.29) is 40.8 Å². The summed E-state index contributed by atoms with van der Waals surface area (Å²) in [5.41, 5.74) is 0. The Morgan fingerprint density at radius 2 is 2.11 bits per heavy atom. The molecule has 0 N–H and O–H groups in total. The van der Waals surface area contributed by atoms with Crippen molar-refractivity contribution in [1.82, 2.24) is 0 Å². The first kappa shape index (κ1) is 12.4. The molecule has 0 aliphatic rings. The van der Waals surface area contributed by atoms with E-state index < -0.39 is 0 Å². The Labute approximate surface area is 88.7 Å². The van der Waals surface area contributed by atoms with E-state index in [1.54, 1.807) is 0 Å². The number of unbranched alkanes of at least 4 members (excludes halogenated alkanes) is 2. The van der Waals surface area contributed by atoms with Crippen molar-refractivity contribution in [3.05, 3.63) is 0 Å². The van der Waals surface area contributed by atoms with Crippen molar-refractivity contribution in [3.63, 3.8) is 0 Å². The van der Waals surface area contributed by atoms with Gasteiger partial charge in [-0.05, 0) is 6.42 Å². The van der Waals surface area contributed by atoms with Gasteiger partial charge in [-0.2, -0.15) is 0 Å². The number of isocyanates is 1. The van der Waals surface area contributed by atoms with E-state index in [4.69, 9.17) is 0 Å². The third-order valence-corrected chi connectivity index (χ3v) is 0.938. The van der Waals surface area contributed by atoms with Crippen LogP contribution in [0.5, 0.6) is 0 Å². The van der Waals surface area contributed by atoms with Crippen LogP contribution in [-0.4, -0.2) is 12.6 Å². The third-order valence-electron chi connectivity index (χ3n) is 0.938. The molecule has 0 aromatic rings. The van der Waals surface area contributed by atoms with Crippen molar-refractivity contribution >= 4 is 6.08 Å². The summed E-state index contributed by atoms with van der Waals surface area (Å²) in [7, 11) is 0. The van der Waals surface area contributed by atoms with Crippen molar-refractivity contribution in [2.45, 2.75) is 26.2 Å². The molecule has 0 heterocycles. The SMILES string of the molecule is CCCCCN=C=O.[Nd]. The maximum atomic E-state index is 9.48. The Morgan fingerprint density at radius 3 is 2.56 bits per heavy atom. The zero-order valence-electron chi connectivity index (χ0n) is 5.68. The van der Waals surface area contributed by atoms with Gasteiger partial charge in [-0.25, -0.2) is 9.79 Å². The van der Waals surface area contributed by atoms with Crippen LogP contribution in [0.4, 0.5) is 0 Å². The molecule has 0 saturated heterocycles. The van der Waals surface area contributed by atoms with Gasteiger partial charge in [0.25, 0.3) is 0 Å². The average molecular weight is 257 g/mol. The Balaban J connectivity index is 0. The van der Waals surface area contributed by atoms with Crippen LogP contribution in [0, 0.1) is 40.8 Å². The zero-order valence-corrected chi connectivity index (χ0v) is 8.89. The van der Waals surface area contributed by atoms with Crippen LogP contribution >= 0.6 is 0 Å². The normalized spacial score (nSPS) is 7.22. The van der Waals surface area contributed by atoms with E-state index in [1.165, 1.54) is 12.5 Å². The number of nitrogens with zero attached hydrogens (tertiary/aromatic N) is 1. The molecule has 50 valence electrons. The summed E-state index contributed by atoms with van der Waals surface area (Å²) in [6.07, 6.45) is 4.85. The smallest absolute Gasteiger partial charge is 0.211 e. The van der Waals surface area contributed by atoms with Gasteiger partial charge in [0.2, 0.25) is 6.08 Å². The fraction of sp³-hybridized carbons (Fsp3) is 0.833. The minimum atomic E-state index is 0. The molecule has 0 fully saturated rings. The maximum absolute atomic E-state index is 9.48. The van der Waals surface area contributed by atoms with Crippen LogP contribution in [0.3, 0.4) is 0 Å². The monoisotopic (exact) mass is 255 g/mol. The van der Waals surface area contributed by atoms with Crippen LogP contribution < -0.4 is 0 Å². The number of rotatable bonds is 4. The van der Waals surface area contributed by atoms with E-state index in [2.05, 4.69) is 11.9 Å². The van der Waals surface area contributed by atoms with Crippen LogP contribution in [0.2, 0.25) is 0 Å². The number of hydrogen-bond acceptors (Lipinski definition) is 2. The standard InChI is InChI=1S/C6H11NO.Nd/c1-2-3-4-5-7-6-8;/h2-5H2,1H3;. The first-order valence-electron chi connectivity index (χ1n) is 2.95. The third kappa shape index (κ3) is 12.0. The molecule has 0 aliphatic heterocycles. The van der Waals surface area contributed by atoms with Gasteiger partial charge in [0.1, 0.15) is 0 Å². The summed E-state index contributed by atoms with van der Waals surface area (Å²) in [5, 5.41) is 0. The summed E-state index contributed by atoms with van der Waals surface area (Å²) in [5.74, 6) is 0. The zero-order chi connectivity index (χ0) is 6.24. The maximum Gasteiger partial charge on any atom is 0.234 e. The summed E-state index contributed by atoms with van der Waals surface area (Å²) in [6.45, 7) is 2.77. The van der Waals surface area contributed by atoms with Gasteiger partial charge in [0.15, 0.2) is 0 Å². The molecular formula is C6H11NNdO. The molecule has 0 unspecified atom stereocenters. The Morgan fingerprint density at radius 1 is 1.44 bits per heavy atom. The molecule has 0 spiro atoms. The second-order valence-electron chi connectivity index (χ2n) is 1.68. The topological polar surface area (TPSA) is 29.4 Å². The minimum Gasteiger partial charge on any atom is -0.211 e. The molecule has 2 nitrogen and oxygen atoms in total. The molecule has 3 heteroatoms. The predicted octanol–water partition coefficient (Wildman–Crippen LogP) is 1.51. The van der Waals surface area contributed by atoms with Crippen LogP contribution in [0.1, 0.15) is 26.2 Å². The Hall–Kier alpha value is 0.731.